The molecule has 1 fully saturated rings. The summed E-state index contributed by atoms with van der Waals surface area (Å²) in [6, 6.07) is 7.90. The smallest absolute Gasteiger partial charge is 0.224 e. The zero-order valence-corrected chi connectivity index (χ0v) is 13.0. The molecule has 1 aliphatic heterocycles. The van der Waals surface area contributed by atoms with Crippen LogP contribution in [0.2, 0.25) is 0 Å². The fourth-order valence-electron chi connectivity index (χ4n) is 2.82. The van der Waals surface area contributed by atoms with Crippen LogP contribution < -0.4 is 10.5 Å². The van der Waals surface area contributed by atoms with Gasteiger partial charge in [-0.2, -0.15) is 0 Å². The number of ether oxygens (including phenoxy) is 1. The topological polar surface area (TPSA) is 55.6 Å². The molecule has 0 aliphatic carbocycles. The molecule has 0 aromatic heterocycles. The molecule has 1 saturated heterocycles. The number of nitrogens with zero attached hydrogens (tertiary/aromatic N) is 1. The lowest BCUT2D eigenvalue weighted by Gasteiger charge is -2.27. The van der Waals surface area contributed by atoms with Crippen LogP contribution in [0, 0.1) is 0 Å². The van der Waals surface area contributed by atoms with Gasteiger partial charge in [0, 0.05) is 19.0 Å². The molecule has 1 amide bonds. The maximum atomic E-state index is 12.1. The van der Waals surface area contributed by atoms with Gasteiger partial charge in [0.25, 0.3) is 0 Å². The summed E-state index contributed by atoms with van der Waals surface area (Å²) in [6.07, 6.45) is 3.54. The second-order valence-corrected chi connectivity index (χ2v) is 5.67. The van der Waals surface area contributed by atoms with Crippen LogP contribution in [0.25, 0.3) is 0 Å². The second-order valence-electron chi connectivity index (χ2n) is 5.67. The van der Waals surface area contributed by atoms with Gasteiger partial charge in [-0.15, -0.1) is 0 Å². The molecule has 1 aromatic rings. The Morgan fingerprint density at radius 3 is 2.57 bits per heavy atom. The van der Waals surface area contributed by atoms with E-state index in [1.54, 1.807) is 0 Å². The SMILES string of the molecule is CCCCN1C(=O)CC(N)C1c1ccc(OCCC)cc1. The molecule has 2 unspecified atom stereocenters. The average Bonchev–Trinajstić information content (AvgIpc) is 2.77. The van der Waals surface area contributed by atoms with Gasteiger partial charge < -0.3 is 15.4 Å². The minimum Gasteiger partial charge on any atom is -0.494 e. The molecule has 1 heterocycles. The number of carbonyl (C=O) groups is 1. The molecule has 1 aromatic carbocycles. The van der Waals surface area contributed by atoms with Gasteiger partial charge >= 0.3 is 0 Å². The summed E-state index contributed by atoms with van der Waals surface area (Å²) in [4.78, 5) is 14.0. The number of nitrogens with two attached hydrogens (primary N) is 1. The van der Waals surface area contributed by atoms with Crippen LogP contribution >= 0.6 is 0 Å². The van der Waals surface area contributed by atoms with Crippen LogP contribution in [-0.4, -0.2) is 30.0 Å². The number of unbranched alkanes of at least 4 members (excludes halogenated alkanes) is 1. The first-order valence-corrected chi connectivity index (χ1v) is 7.95. The van der Waals surface area contributed by atoms with Crippen molar-refractivity contribution in [2.24, 2.45) is 5.73 Å². The summed E-state index contributed by atoms with van der Waals surface area (Å²) < 4.78 is 5.60. The minimum atomic E-state index is -0.114. The molecule has 2 rings (SSSR count). The Morgan fingerprint density at radius 1 is 1.24 bits per heavy atom. The molecule has 2 N–H and O–H groups in total. The normalized spacial score (nSPS) is 21.9. The van der Waals surface area contributed by atoms with E-state index in [2.05, 4.69) is 13.8 Å². The van der Waals surface area contributed by atoms with E-state index in [0.29, 0.717) is 6.42 Å². The summed E-state index contributed by atoms with van der Waals surface area (Å²) in [5.74, 6) is 1.05. The Kier molecular flexibility index (Phi) is 5.62. The van der Waals surface area contributed by atoms with E-state index in [1.807, 2.05) is 29.2 Å². The Hall–Kier alpha value is -1.55. The molecular weight excluding hydrogens is 264 g/mol. The third-order valence-electron chi connectivity index (χ3n) is 3.92. The Balaban J connectivity index is 2.11. The maximum absolute atomic E-state index is 12.1. The highest BCUT2D eigenvalue weighted by Gasteiger charge is 2.37. The van der Waals surface area contributed by atoms with Crippen LogP contribution in [0.5, 0.6) is 5.75 Å². The zero-order chi connectivity index (χ0) is 15.2. The predicted molar refractivity (Wildman–Crippen MR) is 84.2 cm³/mol. The molecule has 0 spiro atoms. The minimum absolute atomic E-state index is 0.00396. The van der Waals surface area contributed by atoms with Crippen LogP contribution in [0.3, 0.4) is 0 Å². The van der Waals surface area contributed by atoms with Crippen molar-refractivity contribution < 1.29 is 9.53 Å². The fourth-order valence-corrected chi connectivity index (χ4v) is 2.82. The summed E-state index contributed by atoms with van der Waals surface area (Å²) >= 11 is 0. The number of hydrogen-bond acceptors (Lipinski definition) is 3. The molecular formula is C17H26N2O2. The molecule has 21 heavy (non-hydrogen) atoms. The lowest BCUT2D eigenvalue weighted by Crippen LogP contribution is -2.33. The first-order valence-electron chi connectivity index (χ1n) is 7.95. The van der Waals surface area contributed by atoms with Gasteiger partial charge in [-0.3, -0.25) is 4.79 Å². The van der Waals surface area contributed by atoms with E-state index in [-0.39, 0.29) is 18.0 Å². The molecule has 4 nitrogen and oxygen atoms in total. The Morgan fingerprint density at radius 2 is 1.95 bits per heavy atom. The van der Waals surface area contributed by atoms with Crippen molar-refractivity contribution in [3.05, 3.63) is 29.8 Å². The zero-order valence-electron chi connectivity index (χ0n) is 13.0. The first kappa shape index (κ1) is 15.8. The second kappa shape index (κ2) is 7.46. The maximum Gasteiger partial charge on any atom is 0.224 e. The monoisotopic (exact) mass is 290 g/mol. The van der Waals surface area contributed by atoms with Crippen molar-refractivity contribution in [3.63, 3.8) is 0 Å². The van der Waals surface area contributed by atoms with Crippen LogP contribution in [0.1, 0.15) is 51.1 Å². The highest BCUT2D eigenvalue weighted by molar-refractivity contribution is 5.80. The number of amides is 1. The predicted octanol–water partition coefficient (Wildman–Crippen LogP) is 2.88. The van der Waals surface area contributed by atoms with E-state index < -0.39 is 0 Å². The van der Waals surface area contributed by atoms with Crippen molar-refractivity contribution >= 4 is 5.91 Å². The Bertz CT molecular complexity index is 458. The summed E-state index contributed by atoms with van der Waals surface area (Å²) in [5, 5.41) is 0. The van der Waals surface area contributed by atoms with Gasteiger partial charge in [0.2, 0.25) is 5.91 Å². The summed E-state index contributed by atoms with van der Waals surface area (Å²) in [5.41, 5.74) is 7.29. The molecule has 0 bridgehead atoms. The molecule has 0 radical (unpaired) electrons. The number of carbonyl (C=O) groups excluding carboxylic acids is 1. The number of likely N-dealkylation sites (tertiary alicyclic amines) is 1. The van der Waals surface area contributed by atoms with Crippen molar-refractivity contribution in [1.29, 1.82) is 0 Å². The van der Waals surface area contributed by atoms with Gasteiger partial charge in [-0.1, -0.05) is 32.4 Å². The van der Waals surface area contributed by atoms with Crippen molar-refractivity contribution in [1.82, 2.24) is 4.90 Å². The highest BCUT2D eigenvalue weighted by Crippen LogP contribution is 2.33. The first-order chi connectivity index (χ1) is 10.2. The number of rotatable bonds is 7. The van der Waals surface area contributed by atoms with Gasteiger partial charge in [0.05, 0.1) is 12.6 Å². The van der Waals surface area contributed by atoms with E-state index in [1.165, 1.54) is 0 Å². The van der Waals surface area contributed by atoms with Gasteiger partial charge in [0.15, 0.2) is 0 Å². The van der Waals surface area contributed by atoms with E-state index in [4.69, 9.17) is 10.5 Å². The third kappa shape index (κ3) is 3.76. The largest absolute Gasteiger partial charge is 0.494 e. The molecule has 1 aliphatic rings. The van der Waals surface area contributed by atoms with Crippen molar-refractivity contribution in [2.45, 2.75) is 51.6 Å². The fraction of sp³-hybridized carbons (Fsp3) is 0.588. The quantitative estimate of drug-likeness (QED) is 0.840. The van der Waals surface area contributed by atoms with Crippen molar-refractivity contribution in [3.8, 4) is 5.75 Å². The van der Waals surface area contributed by atoms with Gasteiger partial charge in [-0.25, -0.2) is 0 Å². The lowest BCUT2D eigenvalue weighted by molar-refractivity contribution is -0.129. The van der Waals surface area contributed by atoms with Gasteiger partial charge in [-0.05, 0) is 30.5 Å². The molecule has 4 heteroatoms. The standard InChI is InChI=1S/C17H26N2O2/c1-3-5-10-19-16(20)12-15(18)17(19)13-6-8-14(9-7-13)21-11-4-2/h6-9,15,17H,3-5,10-12,18H2,1-2H3. The average molecular weight is 290 g/mol. The van der Waals surface area contributed by atoms with Crippen LogP contribution in [0.4, 0.5) is 0 Å². The van der Waals surface area contributed by atoms with E-state index in [9.17, 15) is 4.79 Å². The third-order valence-corrected chi connectivity index (χ3v) is 3.92. The molecule has 116 valence electrons. The van der Waals surface area contributed by atoms with Crippen molar-refractivity contribution in [2.75, 3.05) is 13.2 Å². The van der Waals surface area contributed by atoms with E-state index in [0.717, 1.165) is 43.7 Å². The van der Waals surface area contributed by atoms with Crippen LogP contribution in [-0.2, 0) is 4.79 Å². The highest BCUT2D eigenvalue weighted by atomic mass is 16.5. The summed E-state index contributed by atoms with van der Waals surface area (Å²) in [6.45, 7) is 5.74. The number of benzene rings is 1. The summed E-state index contributed by atoms with van der Waals surface area (Å²) in [7, 11) is 0. The Labute approximate surface area is 127 Å². The van der Waals surface area contributed by atoms with Gasteiger partial charge in [0.1, 0.15) is 5.75 Å². The number of hydrogen-bond donors (Lipinski definition) is 1. The van der Waals surface area contributed by atoms with Crippen LogP contribution in [0.15, 0.2) is 24.3 Å². The molecule has 0 saturated carbocycles. The van der Waals surface area contributed by atoms with E-state index >= 15 is 0 Å². The lowest BCUT2D eigenvalue weighted by atomic mass is 10.0. The molecule has 2 atom stereocenters.